The molecule has 3 nitrogen and oxygen atoms in total. The highest BCUT2D eigenvalue weighted by Gasteiger charge is 2.05. The molecule has 2 N–H and O–H groups in total. The molecule has 0 amide bonds. The number of halogens is 1. The molecule has 2 rings (SSSR count). The Kier molecular flexibility index (Phi) is 2.97. The maximum atomic E-state index is 8.90. The van der Waals surface area contributed by atoms with Crippen LogP contribution < -0.4 is 5.73 Å². The zero-order valence-corrected chi connectivity index (χ0v) is 10.1. The van der Waals surface area contributed by atoms with Crippen molar-refractivity contribution in [3.8, 4) is 6.07 Å². The third kappa shape index (κ3) is 1.95. The Balaban J connectivity index is 2.35. The number of benzene rings is 1. The summed E-state index contributed by atoms with van der Waals surface area (Å²) in [6.45, 7) is 0.640. The molecule has 0 radical (unpaired) electrons. The van der Waals surface area contributed by atoms with Crippen LogP contribution in [0.5, 0.6) is 0 Å². The lowest BCUT2D eigenvalue weighted by Crippen LogP contribution is -2.02. The average Bonchev–Trinajstić information content (AvgIpc) is 2.72. The van der Waals surface area contributed by atoms with Crippen molar-refractivity contribution >= 4 is 21.6 Å². The van der Waals surface area contributed by atoms with Gasteiger partial charge in [0, 0.05) is 22.9 Å². The van der Waals surface area contributed by atoms with Gasteiger partial charge in [-0.25, -0.2) is 0 Å². The summed E-state index contributed by atoms with van der Waals surface area (Å²) in [5, 5.41) is 8.90. The van der Waals surface area contributed by atoms with Crippen LogP contribution in [0, 0.1) is 11.3 Å². The fourth-order valence-electron chi connectivity index (χ4n) is 1.56. The lowest BCUT2D eigenvalue weighted by atomic mass is 10.2. The summed E-state index contributed by atoms with van der Waals surface area (Å²) in [4.78, 5) is 0. The number of nitrogens with two attached hydrogens (primary N) is 1. The number of nitrogen functional groups attached to an aromatic ring is 1. The van der Waals surface area contributed by atoms with Crippen LogP contribution in [-0.2, 0) is 6.54 Å². The van der Waals surface area contributed by atoms with Crippen LogP contribution in [-0.4, -0.2) is 4.57 Å². The fraction of sp³-hybridized carbons (Fsp3) is 0.0833. The minimum atomic E-state index is 0.640. The van der Waals surface area contributed by atoms with Crippen molar-refractivity contribution in [2.45, 2.75) is 6.54 Å². The van der Waals surface area contributed by atoms with Crippen LogP contribution in [0.3, 0.4) is 0 Å². The highest BCUT2D eigenvalue weighted by atomic mass is 79.9. The van der Waals surface area contributed by atoms with Gasteiger partial charge in [-0.3, -0.25) is 0 Å². The van der Waals surface area contributed by atoms with Crippen LogP contribution in [0.15, 0.2) is 41.0 Å². The second kappa shape index (κ2) is 4.42. The van der Waals surface area contributed by atoms with Crippen molar-refractivity contribution < 1.29 is 0 Å². The number of aromatic nitrogens is 1. The van der Waals surface area contributed by atoms with Gasteiger partial charge < -0.3 is 10.3 Å². The molecule has 16 heavy (non-hydrogen) atoms. The molecule has 0 fully saturated rings. The van der Waals surface area contributed by atoms with Gasteiger partial charge in [0.05, 0.1) is 0 Å². The van der Waals surface area contributed by atoms with E-state index in [0.29, 0.717) is 17.9 Å². The highest BCUT2D eigenvalue weighted by molar-refractivity contribution is 9.10. The third-order valence-electron chi connectivity index (χ3n) is 2.39. The predicted molar refractivity (Wildman–Crippen MR) is 66.8 cm³/mol. The Morgan fingerprint density at radius 2 is 2.12 bits per heavy atom. The zero-order valence-electron chi connectivity index (χ0n) is 8.52. The van der Waals surface area contributed by atoms with Crippen molar-refractivity contribution in [3.05, 3.63) is 52.3 Å². The van der Waals surface area contributed by atoms with E-state index in [1.807, 2.05) is 35.0 Å². The minimum Gasteiger partial charge on any atom is -0.398 e. The SMILES string of the molecule is N#Cc1cccn1Cc1cccc(N)c1Br. The first-order chi connectivity index (χ1) is 7.72. The fourth-order valence-corrected chi connectivity index (χ4v) is 1.95. The van der Waals surface area contributed by atoms with E-state index in [2.05, 4.69) is 22.0 Å². The Labute approximate surface area is 102 Å². The van der Waals surface area contributed by atoms with E-state index in [4.69, 9.17) is 11.0 Å². The third-order valence-corrected chi connectivity index (χ3v) is 3.36. The van der Waals surface area contributed by atoms with E-state index in [1.54, 1.807) is 6.07 Å². The van der Waals surface area contributed by atoms with Gasteiger partial charge in [0.25, 0.3) is 0 Å². The molecular weight excluding hydrogens is 266 g/mol. The van der Waals surface area contributed by atoms with Gasteiger partial charge in [-0.05, 0) is 39.7 Å². The molecule has 1 heterocycles. The van der Waals surface area contributed by atoms with Gasteiger partial charge in [-0.15, -0.1) is 0 Å². The molecule has 0 unspecified atom stereocenters. The van der Waals surface area contributed by atoms with Crippen LogP contribution in [0.2, 0.25) is 0 Å². The summed E-state index contributed by atoms with van der Waals surface area (Å²) < 4.78 is 2.78. The normalized spacial score (nSPS) is 10.0. The molecule has 1 aromatic carbocycles. The standard InChI is InChI=1S/C12H10BrN3/c13-12-9(3-1-5-11(12)15)8-16-6-2-4-10(16)7-14/h1-6H,8,15H2. The van der Waals surface area contributed by atoms with E-state index >= 15 is 0 Å². The van der Waals surface area contributed by atoms with E-state index in [0.717, 1.165) is 10.0 Å². The van der Waals surface area contributed by atoms with Gasteiger partial charge in [0.15, 0.2) is 0 Å². The first-order valence-corrected chi connectivity index (χ1v) is 5.60. The molecule has 0 bridgehead atoms. The van der Waals surface area contributed by atoms with Crippen LogP contribution in [0.25, 0.3) is 0 Å². The number of nitrogens with zero attached hydrogens (tertiary/aromatic N) is 2. The Hall–Kier alpha value is -1.73. The lowest BCUT2D eigenvalue weighted by Gasteiger charge is -2.08. The van der Waals surface area contributed by atoms with E-state index < -0.39 is 0 Å². The average molecular weight is 276 g/mol. The smallest absolute Gasteiger partial charge is 0.120 e. The van der Waals surface area contributed by atoms with Crippen molar-refractivity contribution in [3.63, 3.8) is 0 Å². The molecule has 0 aliphatic rings. The summed E-state index contributed by atoms with van der Waals surface area (Å²) in [7, 11) is 0. The number of hydrogen-bond donors (Lipinski definition) is 1. The molecule has 4 heteroatoms. The molecule has 0 aliphatic carbocycles. The quantitative estimate of drug-likeness (QED) is 0.857. The Morgan fingerprint density at radius 1 is 1.31 bits per heavy atom. The number of hydrogen-bond acceptors (Lipinski definition) is 2. The highest BCUT2D eigenvalue weighted by Crippen LogP contribution is 2.24. The van der Waals surface area contributed by atoms with Gasteiger partial charge in [-0.2, -0.15) is 5.26 Å². The summed E-state index contributed by atoms with van der Waals surface area (Å²) >= 11 is 3.45. The molecule has 0 saturated carbocycles. The maximum absolute atomic E-state index is 8.90. The summed E-state index contributed by atoms with van der Waals surface area (Å²) in [5.41, 5.74) is 8.22. The molecule has 0 saturated heterocycles. The number of nitriles is 1. The second-order valence-electron chi connectivity index (χ2n) is 3.45. The zero-order chi connectivity index (χ0) is 11.5. The Bertz CT molecular complexity index is 552. The molecule has 80 valence electrons. The lowest BCUT2D eigenvalue weighted by molar-refractivity contribution is 0.791. The monoisotopic (exact) mass is 275 g/mol. The van der Waals surface area contributed by atoms with Crippen molar-refractivity contribution in [2.75, 3.05) is 5.73 Å². The van der Waals surface area contributed by atoms with Crippen molar-refractivity contribution in [2.24, 2.45) is 0 Å². The van der Waals surface area contributed by atoms with E-state index in [-0.39, 0.29) is 0 Å². The molecule has 0 aliphatic heterocycles. The first kappa shape index (κ1) is 10.8. The number of rotatable bonds is 2. The van der Waals surface area contributed by atoms with Crippen LogP contribution in [0.4, 0.5) is 5.69 Å². The van der Waals surface area contributed by atoms with E-state index in [1.165, 1.54) is 0 Å². The summed E-state index contributed by atoms with van der Waals surface area (Å²) in [5.74, 6) is 0. The second-order valence-corrected chi connectivity index (χ2v) is 4.25. The maximum Gasteiger partial charge on any atom is 0.120 e. The topological polar surface area (TPSA) is 54.7 Å². The summed E-state index contributed by atoms with van der Waals surface area (Å²) in [6.07, 6.45) is 1.88. The van der Waals surface area contributed by atoms with Crippen LogP contribution >= 0.6 is 15.9 Å². The minimum absolute atomic E-state index is 0.640. The van der Waals surface area contributed by atoms with E-state index in [9.17, 15) is 0 Å². The largest absolute Gasteiger partial charge is 0.398 e. The van der Waals surface area contributed by atoms with Crippen molar-refractivity contribution in [1.82, 2.24) is 4.57 Å². The van der Waals surface area contributed by atoms with Gasteiger partial charge >= 0.3 is 0 Å². The van der Waals surface area contributed by atoms with Crippen molar-refractivity contribution in [1.29, 1.82) is 5.26 Å². The predicted octanol–water partition coefficient (Wildman–Crippen LogP) is 2.75. The van der Waals surface area contributed by atoms with Crippen LogP contribution in [0.1, 0.15) is 11.3 Å². The first-order valence-electron chi connectivity index (χ1n) is 4.80. The number of anilines is 1. The molecular formula is C12H10BrN3. The molecule has 0 spiro atoms. The van der Waals surface area contributed by atoms with Gasteiger partial charge in [-0.1, -0.05) is 12.1 Å². The molecule has 0 atom stereocenters. The Morgan fingerprint density at radius 3 is 2.88 bits per heavy atom. The summed E-state index contributed by atoms with van der Waals surface area (Å²) in [6, 6.07) is 11.5. The van der Waals surface area contributed by atoms with Gasteiger partial charge in [0.2, 0.25) is 0 Å². The molecule has 1 aromatic heterocycles. The molecule has 2 aromatic rings. The van der Waals surface area contributed by atoms with Gasteiger partial charge in [0.1, 0.15) is 11.8 Å².